The topological polar surface area (TPSA) is 77.3 Å². The number of benzene rings is 1. The van der Waals surface area contributed by atoms with Crippen LogP contribution >= 0.6 is 33.3 Å². The largest absolute Gasteiger partial charge is 0.416 e. The molecular weight excluding hydrogens is 413 g/mol. The zero-order valence-electron chi connectivity index (χ0n) is 8.03. The van der Waals surface area contributed by atoms with E-state index in [9.17, 15) is 31.7 Å². The molecule has 0 spiro atoms. The molecule has 0 aliphatic heterocycles. The molecule has 5 nitrogen and oxygen atoms in total. The molecule has 0 aliphatic rings. The average Bonchev–Trinajstić information content (AvgIpc) is 2.13. The fourth-order valence-corrected chi connectivity index (χ4v) is 3.78. The van der Waals surface area contributed by atoms with Crippen molar-refractivity contribution in [3.05, 3.63) is 31.4 Å². The van der Waals surface area contributed by atoms with Crippen LogP contribution in [0.25, 0.3) is 0 Å². The maximum Gasteiger partial charge on any atom is 0.416 e. The standard InChI is InChI=1S/C7H2ClF3INO4S/c8-18(16,17)5-2-3(7(9,10)11)1-4(6(5)12)13(14)15/h1-2H. The predicted octanol–water partition coefficient (Wildman–Crippen LogP) is 3.15. The summed E-state index contributed by atoms with van der Waals surface area (Å²) >= 11 is 1.25. The molecule has 0 unspecified atom stereocenters. The van der Waals surface area contributed by atoms with Gasteiger partial charge in [0.05, 0.1) is 10.5 Å². The molecule has 0 aromatic heterocycles. The van der Waals surface area contributed by atoms with E-state index in [1.54, 1.807) is 0 Å². The fraction of sp³-hybridized carbons (Fsp3) is 0.143. The van der Waals surface area contributed by atoms with Gasteiger partial charge in [-0.1, -0.05) is 0 Å². The number of hydrogen-bond donors (Lipinski definition) is 0. The minimum atomic E-state index is -4.91. The Morgan fingerprint density at radius 3 is 2.17 bits per heavy atom. The Hall–Kier alpha value is -0.620. The van der Waals surface area contributed by atoms with Gasteiger partial charge in [-0.2, -0.15) is 13.2 Å². The molecule has 1 rings (SSSR count). The van der Waals surface area contributed by atoms with Gasteiger partial charge in [-0.25, -0.2) is 8.42 Å². The van der Waals surface area contributed by atoms with Crippen molar-refractivity contribution in [1.29, 1.82) is 0 Å². The lowest BCUT2D eigenvalue weighted by Gasteiger charge is -2.09. The number of halogens is 5. The van der Waals surface area contributed by atoms with Crippen molar-refractivity contribution in [2.45, 2.75) is 11.1 Å². The number of alkyl halides is 3. The van der Waals surface area contributed by atoms with Gasteiger partial charge in [0.15, 0.2) is 0 Å². The second-order valence-electron chi connectivity index (χ2n) is 3.00. The quantitative estimate of drug-likeness (QED) is 0.322. The maximum absolute atomic E-state index is 12.5. The van der Waals surface area contributed by atoms with Gasteiger partial charge in [0.25, 0.3) is 14.7 Å². The molecule has 0 heterocycles. The highest BCUT2D eigenvalue weighted by Crippen LogP contribution is 2.37. The zero-order chi connectivity index (χ0) is 14.3. The average molecular weight is 416 g/mol. The summed E-state index contributed by atoms with van der Waals surface area (Å²) in [5.41, 5.74) is -2.42. The molecule has 1 aromatic carbocycles. The normalized spacial score (nSPS) is 12.5. The molecule has 0 radical (unpaired) electrons. The van der Waals surface area contributed by atoms with E-state index in [1.807, 2.05) is 0 Å². The van der Waals surface area contributed by atoms with Crippen molar-refractivity contribution < 1.29 is 26.5 Å². The molecule has 0 saturated carbocycles. The van der Waals surface area contributed by atoms with Crippen LogP contribution in [0.5, 0.6) is 0 Å². The van der Waals surface area contributed by atoms with E-state index in [0.29, 0.717) is 0 Å². The van der Waals surface area contributed by atoms with Crippen molar-refractivity contribution in [3.8, 4) is 0 Å². The van der Waals surface area contributed by atoms with E-state index in [0.717, 1.165) is 0 Å². The Morgan fingerprint density at radius 1 is 1.33 bits per heavy atom. The van der Waals surface area contributed by atoms with E-state index in [-0.39, 0.29) is 12.1 Å². The van der Waals surface area contributed by atoms with Gasteiger partial charge >= 0.3 is 6.18 Å². The lowest BCUT2D eigenvalue weighted by Crippen LogP contribution is -2.09. The first kappa shape index (κ1) is 15.4. The van der Waals surface area contributed by atoms with Crippen LogP contribution in [0.4, 0.5) is 18.9 Å². The minimum absolute atomic E-state index is 0.257. The fourth-order valence-electron chi connectivity index (χ4n) is 1.06. The maximum atomic E-state index is 12.5. The highest BCUT2D eigenvalue weighted by Gasteiger charge is 2.36. The summed E-state index contributed by atoms with van der Waals surface area (Å²) in [5, 5.41) is 10.6. The summed E-state index contributed by atoms with van der Waals surface area (Å²) in [6, 6.07) is 0.518. The van der Waals surface area contributed by atoms with Crippen molar-refractivity contribution in [1.82, 2.24) is 0 Å². The third-order valence-electron chi connectivity index (χ3n) is 1.81. The van der Waals surface area contributed by atoms with Crippen molar-refractivity contribution in [3.63, 3.8) is 0 Å². The van der Waals surface area contributed by atoms with Gasteiger partial charge in [0.1, 0.15) is 8.47 Å². The van der Waals surface area contributed by atoms with Crippen LogP contribution in [0.1, 0.15) is 5.56 Å². The van der Waals surface area contributed by atoms with Crippen LogP contribution in [-0.4, -0.2) is 13.3 Å². The van der Waals surface area contributed by atoms with Crippen LogP contribution in [0.15, 0.2) is 17.0 Å². The lowest BCUT2D eigenvalue weighted by molar-refractivity contribution is -0.386. The summed E-state index contributed by atoms with van der Waals surface area (Å²) in [7, 11) is 0.428. The van der Waals surface area contributed by atoms with E-state index in [1.165, 1.54) is 22.6 Å². The summed E-state index contributed by atoms with van der Waals surface area (Å²) in [6.07, 6.45) is -4.91. The first-order chi connectivity index (χ1) is 7.94. The summed E-state index contributed by atoms with van der Waals surface area (Å²) in [6.45, 7) is 0. The van der Waals surface area contributed by atoms with Crippen LogP contribution < -0.4 is 0 Å². The highest BCUT2D eigenvalue weighted by atomic mass is 127. The number of rotatable bonds is 2. The van der Waals surface area contributed by atoms with Gasteiger partial charge in [-0.3, -0.25) is 10.1 Å². The Bertz CT molecular complexity index is 616. The Kier molecular flexibility index (Phi) is 4.13. The molecule has 0 saturated heterocycles. The third kappa shape index (κ3) is 3.23. The molecule has 0 fully saturated rings. The molecule has 0 bridgehead atoms. The second-order valence-corrected chi connectivity index (χ2v) is 6.61. The molecule has 0 N–H and O–H groups in total. The molecule has 0 aliphatic carbocycles. The minimum Gasteiger partial charge on any atom is -0.258 e. The van der Waals surface area contributed by atoms with E-state index >= 15 is 0 Å². The van der Waals surface area contributed by atoms with Crippen LogP contribution in [0, 0.1) is 13.7 Å². The van der Waals surface area contributed by atoms with Crippen LogP contribution in [0.3, 0.4) is 0 Å². The Morgan fingerprint density at radius 2 is 1.83 bits per heavy atom. The lowest BCUT2D eigenvalue weighted by atomic mass is 10.2. The van der Waals surface area contributed by atoms with Crippen molar-refractivity contribution >= 4 is 48.0 Å². The smallest absolute Gasteiger partial charge is 0.258 e. The first-order valence-electron chi connectivity index (χ1n) is 3.94. The van der Waals surface area contributed by atoms with Crippen LogP contribution in [0.2, 0.25) is 0 Å². The number of nitro groups is 1. The van der Waals surface area contributed by atoms with Gasteiger partial charge in [0.2, 0.25) is 0 Å². The van der Waals surface area contributed by atoms with Gasteiger partial charge in [-0.05, 0) is 28.7 Å². The number of hydrogen-bond acceptors (Lipinski definition) is 4. The number of nitrogens with zero attached hydrogens (tertiary/aromatic N) is 1. The summed E-state index contributed by atoms with van der Waals surface area (Å²) < 4.78 is 59.1. The summed E-state index contributed by atoms with van der Waals surface area (Å²) in [5.74, 6) is 0. The second kappa shape index (κ2) is 4.81. The zero-order valence-corrected chi connectivity index (χ0v) is 11.8. The molecular formula is C7H2ClF3INO4S. The molecule has 100 valence electrons. The SMILES string of the molecule is O=[N+]([O-])c1cc(C(F)(F)F)cc(S(=O)(=O)Cl)c1I. The van der Waals surface area contributed by atoms with E-state index in [4.69, 9.17) is 10.7 Å². The first-order valence-corrected chi connectivity index (χ1v) is 7.33. The Balaban J connectivity index is 3.74. The third-order valence-corrected chi connectivity index (χ3v) is 4.65. The highest BCUT2D eigenvalue weighted by molar-refractivity contribution is 14.1. The van der Waals surface area contributed by atoms with Gasteiger partial charge in [-0.15, -0.1) is 0 Å². The molecule has 11 heteroatoms. The molecule has 18 heavy (non-hydrogen) atoms. The molecule has 0 atom stereocenters. The van der Waals surface area contributed by atoms with Gasteiger partial charge in [0, 0.05) is 16.7 Å². The molecule has 1 aromatic rings. The van der Waals surface area contributed by atoms with Crippen LogP contribution in [-0.2, 0) is 15.2 Å². The Labute approximate surface area is 117 Å². The monoisotopic (exact) mass is 415 g/mol. The van der Waals surface area contributed by atoms with E-state index in [2.05, 4.69) is 0 Å². The van der Waals surface area contributed by atoms with E-state index < -0.39 is 39.9 Å². The predicted molar refractivity (Wildman–Crippen MR) is 63.9 cm³/mol. The van der Waals surface area contributed by atoms with Crippen molar-refractivity contribution in [2.75, 3.05) is 0 Å². The summed E-state index contributed by atoms with van der Waals surface area (Å²) in [4.78, 5) is 8.53. The van der Waals surface area contributed by atoms with Gasteiger partial charge < -0.3 is 0 Å². The number of nitro benzene ring substituents is 1. The molecule has 0 amide bonds. The van der Waals surface area contributed by atoms with Crippen molar-refractivity contribution in [2.24, 2.45) is 0 Å².